The van der Waals surface area contributed by atoms with Gasteiger partial charge in [-0.15, -0.1) is 0 Å². The zero-order chi connectivity index (χ0) is 9.68. The second-order valence-corrected chi connectivity index (χ2v) is 3.62. The van der Waals surface area contributed by atoms with Crippen LogP contribution in [0.4, 0.5) is 0 Å². The zero-order valence-electron chi connectivity index (χ0n) is 7.41. The maximum Gasteiger partial charge on any atom is 0.355 e. The van der Waals surface area contributed by atoms with E-state index in [4.69, 9.17) is 4.43 Å². The Bertz CT molecular complexity index is 306. The third-order valence-electron chi connectivity index (χ3n) is 1.38. The maximum absolute atomic E-state index is 11.0. The molecule has 0 aromatic heterocycles. The number of carbonyl (C=O) groups is 1. The number of rotatable bonds is 3. The highest BCUT2D eigenvalue weighted by Gasteiger charge is 2.04. The average Bonchev–Trinajstić information content (AvgIpc) is 2.15. The molecule has 0 saturated heterocycles. The van der Waals surface area contributed by atoms with Gasteiger partial charge in [-0.3, -0.25) is 0 Å². The highest BCUT2D eigenvalue weighted by molar-refractivity contribution is 6.49. The summed E-state index contributed by atoms with van der Waals surface area (Å²) in [5.41, 5.74) is 0.434. The molecule has 1 aromatic rings. The Balaban J connectivity index is 2.44. The minimum Gasteiger partial charge on any atom is -0.508 e. The second-order valence-electron chi connectivity index (χ2n) is 2.64. The van der Waals surface area contributed by atoms with Crippen molar-refractivity contribution in [3.8, 4) is 0 Å². The Labute approximate surface area is 80.2 Å². The van der Waals surface area contributed by atoms with Crippen molar-refractivity contribution >= 4 is 20.9 Å². The Hall–Kier alpha value is -1.35. The molecule has 0 N–H and O–H groups in total. The molecule has 13 heavy (non-hydrogen) atoms. The van der Waals surface area contributed by atoms with E-state index in [0.717, 1.165) is 5.19 Å². The summed E-state index contributed by atoms with van der Waals surface area (Å²) >= 11 is 0. The number of hydrogen-bond acceptors (Lipinski definition) is 2. The standard InChI is InChI=1S/C10H10O2Si/c1-8(2)10(11)12-13-9-6-4-3-5-7-9/h3-7H,1H2,2H3. The Morgan fingerprint density at radius 2 is 2.00 bits per heavy atom. The zero-order valence-corrected chi connectivity index (χ0v) is 8.41. The van der Waals surface area contributed by atoms with E-state index in [-0.39, 0.29) is 15.7 Å². The molecule has 0 aliphatic rings. The van der Waals surface area contributed by atoms with E-state index >= 15 is 0 Å². The Morgan fingerprint density at radius 3 is 2.54 bits per heavy atom. The molecule has 66 valence electrons. The summed E-state index contributed by atoms with van der Waals surface area (Å²) in [4.78, 5) is 11.0. The van der Waals surface area contributed by atoms with Crippen LogP contribution in [0.2, 0.25) is 0 Å². The average molecular weight is 190 g/mol. The first-order valence-electron chi connectivity index (χ1n) is 3.88. The maximum atomic E-state index is 11.0. The van der Waals surface area contributed by atoms with Crippen LogP contribution in [0.3, 0.4) is 0 Å². The van der Waals surface area contributed by atoms with Crippen molar-refractivity contribution in [3.05, 3.63) is 42.5 Å². The molecule has 0 amide bonds. The molecule has 1 rings (SSSR count). The van der Waals surface area contributed by atoms with Gasteiger partial charge in [0.15, 0.2) is 0 Å². The molecule has 0 bridgehead atoms. The third kappa shape index (κ3) is 3.25. The molecule has 0 heterocycles. The summed E-state index contributed by atoms with van der Waals surface area (Å²) in [5.74, 6) is -0.331. The van der Waals surface area contributed by atoms with E-state index in [1.165, 1.54) is 0 Å². The molecule has 0 saturated carbocycles. The van der Waals surface area contributed by atoms with Gasteiger partial charge in [-0.2, -0.15) is 0 Å². The lowest BCUT2D eigenvalue weighted by atomic mass is 10.4. The van der Waals surface area contributed by atoms with Crippen LogP contribution in [0, 0.1) is 0 Å². The minimum atomic E-state index is -0.331. The highest BCUT2D eigenvalue weighted by Crippen LogP contribution is 1.90. The molecular formula is C10H10O2Si. The molecule has 2 nitrogen and oxygen atoms in total. The van der Waals surface area contributed by atoms with Crippen molar-refractivity contribution in [2.24, 2.45) is 0 Å². The molecule has 0 fully saturated rings. The van der Waals surface area contributed by atoms with Gasteiger partial charge in [-0.05, 0) is 12.1 Å². The molecule has 0 aliphatic carbocycles. The summed E-state index contributed by atoms with van der Waals surface area (Å²) in [6.45, 7) is 5.13. The summed E-state index contributed by atoms with van der Waals surface area (Å²) in [7, 11) is 0.0672. The van der Waals surface area contributed by atoms with Crippen LogP contribution in [0.1, 0.15) is 6.92 Å². The van der Waals surface area contributed by atoms with Gasteiger partial charge >= 0.3 is 15.7 Å². The smallest absolute Gasteiger partial charge is 0.355 e. The normalized spacial score (nSPS) is 9.31. The third-order valence-corrected chi connectivity index (χ3v) is 2.24. The van der Waals surface area contributed by atoms with E-state index in [0.29, 0.717) is 5.57 Å². The molecule has 0 aliphatic heterocycles. The van der Waals surface area contributed by atoms with Crippen LogP contribution >= 0.6 is 0 Å². The summed E-state index contributed by atoms with van der Waals surface area (Å²) in [6.07, 6.45) is 0. The van der Waals surface area contributed by atoms with Crippen LogP contribution in [-0.4, -0.2) is 15.7 Å². The Kier molecular flexibility index (Phi) is 3.46. The summed E-state index contributed by atoms with van der Waals surface area (Å²) < 4.78 is 4.98. The Morgan fingerprint density at radius 1 is 1.38 bits per heavy atom. The highest BCUT2D eigenvalue weighted by atomic mass is 28.2. The first-order valence-corrected chi connectivity index (χ1v) is 4.78. The number of hydrogen-bond donors (Lipinski definition) is 0. The number of benzene rings is 1. The van der Waals surface area contributed by atoms with E-state index < -0.39 is 0 Å². The topological polar surface area (TPSA) is 26.3 Å². The fraction of sp³-hybridized carbons (Fsp3) is 0.100. The fourth-order valence-corrected chi connectivity index (χ4v) is 1.41. The van der Waals surface area contributed by atoms with Gasteiger partial charge in [-0.25, -0.2) is 4.79 Å². The lowest BCUT2D eigenvalue weighted by Crippen LogP contribution is -2.20. The predicted octanol–water partition coefficient (Wildman–Crippen LogP) is 1.05. The van der Waals surface area contributed by atoms with E-state index in [9.17, 15) is 4.79 Å². The fourth-order valence-electron chi connectivity index (χ4n) is 0.699. The quantitative estimate of drug-likeness (QED) is 0.526. The first kappa shape index (κ1) is 9.73. The van der Waals surface area contributed by atoms with Gasteiger partial charge < -0.3 is 4.43 Å². The SMILES string of the molecule is C=C(C)C(=O)O[Si]c1ccccc1. The molecule has 0 unspecified atom stereocenters. The van der Waals surface area contributed by atoms with Crippen molar-refractivity contribution < 1.29 is 9.22 Å². The number of carbonyl (C=O) groups excluding carboxylic acids is 1. The molecule has 2 radical (unpaired) electrons. The van der Waals surface area contributed by atoms with Gasteiger partial charge in [0.25, 0.3) is 0 Å². The second kappa shape index (κ2) is 4.62. The monoisotopic (exact) mass is 190 g/mol. The van der Waals surface area contributed by atoms with Crippen molar-refractivity contribution in [2.75, 3.05) is 0 Å². The van der Waals surface area contributed by atoms with Crippen molar-refractivity contribution in [3.63, 3.8) is 0 Å². The lowest BCUT2D eigenvalue weighted by molar-refractivity contribution is -0.129. The van der Waals surface area contributed by atoms with Crippen LogP contribution in [0.15, 0.2) is 42.5 Å². The van der Waals surface area contributed by atoms with Gasteiger partial charge in [-0.1, -0.05) is 36.9 Å². The predicted molar refractivity (Wildman–Crippen MR) is 52.7 cm³/mol. The van der Waals surface area contributed by atoms with Gasteiger partial charge in [0.2, 0.25) is 0 Å². The molecule has 3 heteroatoms. The van der Waals surface area contributed by atoms with Crippen molar-refractivity contribution in [1.82, 2.24) is 0 Å². The van der Waals surface area contributed by atoms with Crippen LogP contribution in [0.25, 0.3) is 0 Å². The molecule has 0 spiro atoms. The molecule has 1 aromatic carbocycles. The van der Waals surface area contributed by atoms with Gasteiger partial charge in [0, 0.05) is 5.57 Å². The molecule has 0 atom stereocenters. The largest absolute Gasteiger partial charge is 0.508 e. The van der Waals surface area contributed by atoms with Crippen LogP contribution < -0.4 is 5.19 Å². The van der Waals surface area contributed by atoms with Gasteiger partial charge in [0.1, 0.15) is 0 Å². The van der Waals surface area contributed by atoms with E-state index in [1.807, 2.05) is 30.3 Å². The minimum absolute atomic E-state index is 0.0672. The van der Waals surface area contributed by atoms with Crippen LogP contribution in [0.5, 0.6) is 0 Å². The van der Waals surface area contributed by atoms with Crippen LogP contribution in [-0.2, 0) is 9.22 Å². The van der Waals surface area contributed by atoms with E-state index in [1.54, 1.807) is 6.92 Å². The first-order chi connectivity index (χ1) is 6.20. The lowest BCUT2D eigenvalue weighted by Gasteiger charge is -2.01. The van der Waals surface area contributed by atoms with Gasteiger partial charge in [0.05, 0.1) is 0 Å². The molecular weight excluding hydrogens is 180 g/mol. The summed E-state index contributed by atoms with van der Waals surface area (Å²) in [6, 6.07) is 9.59. The van der Waals surface area contributed by atoms with Crippen molar-refractivity contribution in [1.29, 1.82) is 0 Å². The van der Waals surface area contributed by atoms with Crippen molar-refractivity contribution in [2.45, 2.75) is 6.92 Å². The summed E-state index contributed by atoms with van der Waals surface area (Å²) in [5, 5.41) is 1.01. The van der Waals surface area contributed by atoms with E-state index in [2.05, 4.69) is 6.58 Å².